The molecule has 5 nitrogen and oxygen atoms in total. The number of morpholine rings is 1. The number of nitrogens with zero attached hydrogens (tertiary/aromatic N) is 1. The number of hydrogen-bond acceptors (Lipinski definition) is 4. The molecule has 132 valence electrons. The van der Waals surface area contributed by atoms with Gasteiger partial charge in [-0.2, -0.15) is 0 Å². The normalized spacial score (nSPS) is 15.0. The van der Waals surface area contributed by atoms with Crippen molar-refractivity contribution in [3.05, 3.63) is 59.4 Å². The standard InChI is InChI=1S/C19H21FN2O3/c1-24-16-6-7-17(18(20)12-16)19(23)21-15-4-2-14(3-5-15)13-22-8-10-25-11-9-22/h2-7,12H,8-11,13H2,1H3,(H,21,23). The van der Waals surface area contributed by atoms with Crippen molar-refractivity contribution in [3.8, 4) is 5.75 Å². The van der Waals surface area contributed by atoms with Gasteiger partial charge in [0.2, 0.25) is 0 Å². The van der Waals surface area contributed by atoms with E-state index in [1.807, 2.05) is 24.3 Å². The molecule has 2 aromatic carbocycles. The molecule has 0 radical (unpaired) electrons. The van der Waals surface area contributed by atoms with Gasteiger partial charge in [-0.1, -0.05) is 12.1 Å². The summed E-state index contributed by atoms with van der Waals surface area (Å²) in [6.45, 7) is 4.23. The van der Waals surface area contributed by atoms with Gasteiger partial charge in [0, 0.05) is 31.4 Å². The molecule has 1 aliphatic rings. The summed E-state index contributed by atoms with van der Waals surface area (Å²) in [5.74, 6) is -0.719. The second-order valence-electron chi connectivity index (χ2n) is 5.89. The molecule has 0 aromatic heterocycles. The van der Waals surface area contributed by atoms with E-state index in [2.05, 4.69) is 10.2 Å². The van der Waals surface area contributed by atoms with E-state index in [4.69, 9.17) is 9.47 Å². The summed E-state index contributed by atoms with van der Waals surface area (Å²) in [7, 11) is 1.45. The van der Waals surface area contributed by atoms with Crippen LogP contribution in [-0.4, -0.2) is 44.2 Å². The summed E-state index contributed by atoms with van der Waals surface area (Å²) >= 11 is 0. The maximum absolute atomic E-state index is 14.0. The molecule has 25 heavy (non-hydrogen) atoms. The first kappa shape index (κ1) is 17.4. The fraction of sp³-hybridized carbons (Fsp3) is 0.316. The molecule has 3 rings (SSSR count). The highest BCUT2D eigenvalue weighted by atomic mass is 19.1. The maximum atomic E-state index is 14.0. The molecule has 1 aliphatic heterocycles. The Hall–Kier alpha value is -2.44. The number of carbonyl (C=O) groups excluding carboxylic acids is 1. The lowest BCUT2D eigenvalue weighted by Crippen LogP contribution is -2.35. The summed E-state index contributed by atoms with van der Waals surface area (Å²) < 4.78 is 24.2. The first-order valence-corrected chi connectivity index (χ1v) is 8.19. The van der Waals surface area contributed by atoms with Crippen molar-refractivity contribution in [3.63, 3.8) is 0 Å². The third kappa shape index (κ3) is 4.55. The van der Waals surface area contributed by atoms with Crippen molar-refractivity contribution in [2.45, 2.75) is 6.54 Å². The minimum absolute atomic E-state index is 0.0156. The Kier molecular flexibility index (Phi) is 5.63. The molecule has 0 unspecified atom stereocenters. The lowest BCUT2D eigenvalue weighted by Gasteiger charge is -2.26. The van der Waals surface area contributed by atoms with Crippen molar-refractivity contribution in [2.24, 2.45) is 0 Å². The second-order valence-corrected chi connectivity index (χ2v) is 5.89. The number of ether oxygens (including phenoxy) is 2. The van der Waals surface area contributed by atoms with E-state index in [9.17, 15) is 9.18 Å². The van der Waals surface area contributed by atoms with Crippen LogP contribution >= 0.6 is 0 Å². The largest absolute Gasteiger partial charge is 0.497 e. The monoisotopic (exact) mass is 344 g/mol. The molecule has 1 fully saturated rings. The molecule has 0 saturated carbocycles. The molecule has 0 aliphatic carbocycles. The molecule has 1 amide bonds. The highest BCUT2D eigenvalue weighted by Crippen LogP contribution is 2.18. The number of carbonyl (C=O) groups is 1. The van der Waals surface area contributed by atoms with Gasteiger partial charge >= 0.3 is 0 Å². The molecule has 1 saturated heterocycles. The lowest BCUT2D eigenvalue weighted by atomic mass is 10.1. The van der Waals surface area contributed by atoms with Gasteiger partial charge in [-0.05, 0) is 29.8 Å². The molecule has 0 spiro atoms. The van der Waals surface area contributed by atoms with Crippen LogP contribution < -0.4 is 10.1 Å². The minimum Gasteiger partial charge on any atom is -0.497 e. The zero-order chi connectivity index (χ0) is 17.6. The number of hydrogen-bond donors (Lipinski definition) is 1. The van der Waals surface area contributed by atoms with E-state index in [0.717, 1.165) is 38.4 Å². The van der Waals surface area contributed by atoms with Gasteiger partial charge in [0.15, 0.2) is 0 Å². The Labute approximate surface area is 146 Å². The number of amides is 1. The van der Waals surface area contributed by atoms with Gasteiger partial charge < -0.3 is 14.8 Å². The number of benzene rings is 2. The Morgan fingerprint density at radius 1 is 1.20 bits per heavy atom. The molecule has 0 bridgehead atoms. The predicted molar refractivity (Wildman–Crippen MR) is 93.4 cm³/mol. The number of nitrogens with one attached hydrogen (secondary N) is 1. The van der Waals surface area contributed by atoms with Gasteiger partial charge in [-0.15, -0.1) is 0 Å². The fourth-order valence-electron chi connectivity index (χ4n) is 2.72. The second kappa shape index (κ2) is 8.09. The van der Waals surface area contributed by atoms with Crippen LogP contribution in [0.2, 0.25) is 0 Å². The number of rotatable bonds is 5. The summed E-state index contributed by atoms with van der Waals surface area (Å²) in [5, 5.41) is 2.71. The number of anilines is 1. The smallest absolute Gasteiger partial charge is 0.258 e. The zero-order valence-corrected chi connectivity index (χ0v) is 14.1. The van der Waals surface area contributed by atoms with Gasteiger partial charge in [0.25, 0.3) is 5.91 Å². The van der Waals surface area contributed by atoms with Crippen LogP contribution in [0, 0.1) is 5.82 Å². The van der Waals surface area contributed by atoms with E-state index in [1.54, 1.807) is 6.07 Å². The number of methoxy groups -OCH3 is 1. The molecular weight excluding hydrogens is 323 g/mol. The summed E-state index contributed by atoms with van der Waals surface area (Å²) in [4.78, 5) is 14.5. The third-order valence-electron chi connectivity index (χ3n) is 4.14. The lowest BCUT2D eigenvalue weighted by molar-refractivity contribution is 0.0342. The molecular formula is C19H21FN2O3. The fourth-order valence-corrected chi connectivity index (χ4v) is 2.72. The molecule has 1 N–H and O–H groups in total. The van der Waals surface area contributed by atoms with Crippen LogP contribution in [0.1, 0.15) is 15.9 Å². The topological polar surface area (TPSA) is 50.8 Å². The van der Waals surface area contributed by atoms with E-state index in [1.165, 1.54) is 19.2 Å². The maximum Gasteiger partial charge on any atom is 0.258 e. The van der Waals surface area contributed by atoms with Crippen molar-refractivity contribution >= 4 is 11.6 Å². The van der Waals surface area contributed by atoms with E-state index in [-0.39, 0.29) is 5.56 Å². The van der Waals surface area contributed by atoms with Crippen LogP contribution in [0.3, 0.4) is 0 Å². The van der Waals surface area contributed by atoms with Crippen LogP contribution in [0.4, 0.5) is 10.1 Å². The Balaban J connectivity index is 1.61. The molecule has 0 atom stereocenters. The SMILES string of the molecule is COc1ccc(C(=O)Nc2ccc(CN3CCOCC3)cc2)c(F)c1. The summed E-state index contributed by atoms with van der Waals surface area (Å²) in [6.07, 6.45) is 0. The predicted octanol–water partition coefficient (Wildman–Crippen LogP) is 2.92. The Morgan fingerprint density at radius 2 is 1.92 bits per heavy atom. The third-order valence-corrected chi connectivity index (χ3v) is 4.14. The van der Waals surface area contributed by atoms with Gasteiger partial charge in [0.1, 0.15) is 11.6 Å². The van der Waals surface area contributed by atoms with Gasteiger partial charge in [0.05, 0.1) is 25.9 Å². The average molecular weight is 344 g/mol. The van der Waals surface area contributed by atoms with Crippen LogP contribution in [0.5, 0.6) is 5.75 Å². The van der Waals surface area contributed by atoms with Gasteiger partial charge in [-0.3, -0.25) is 9.69 Å². The first-order chi connectivity index (χ1) is 12.2. The van der Waals surface area contributed by atoms with Crippen LogP contribution in [-0.2, 0) is 11.3 Å². The van der Waals surface area contributed by atoms with Crippen molar-refractivity contribution in [1.29, 1.82) is 0 Å². The minimum atomic E-state index is -0.610. The quantitative estimate of drug-likeness (QED) is 0.906. The summed E-state index contributed by atoms with van der Waals surface area (Å²) in [6, 6.07) is 11.8. The van der Waals surface area contributed by atoms with E-state index >= 15 is 0 Å². The van der Waals surface area contributed by atoms with E-state index < -0.39 is 11.7 Å². The first-order valence-electron chi connectivity index (χ1n) is 8.19. The summed E-state index contributed by atoms with van der Waals surface area (Å²) in [5.41, 5.74) is 1.78. The van der Waals surface area contributed by atoms with Crippen LogP contribution in [0.25, 0.3) is 0 Å². The van der Waals surface area contributed by atoms with E-state index in [0.29, 0.717) is 11.4 Å². The average Bonchev–Trinajstić information content (AvgIpc) is 2.64. The highest BCUT2D eigenvalue weighted by Gasteiger charge is 2.14. The van der Waals surface area contributed by atoms with Crippen molar-refractivity contribution in [1.82, 2.24) is 4.90 Å². The van der Waals surface area contributed by atoms with Crippen molar-refractivity contribution in [2.75, 3.05) is 38.7 Å². The highest BCUT2D eigenvalue weighted by molar-refractivity contribution is 6.04. The van der Waals surface area contributed by atoms with Gasteiger partial charge in [-0.25, -0.2) is 4.39 Å². The molecule has 6 heteroatoms. The van der Waals surface area contributed by atoms with Crippen LogP contribution in [0.15, 0.2) is 42.5 Å². The number of halogens is 1. The molecule has 1 heterocycles. The zero-order valence-electron chi connectivity index (χ0n) is 14.1. The Morgan fingerprint density at radius 3 is 2.56 bits per heavy atom. The Bertz CT molecular complexity index is 728. The van der Waals surface area contributed by atoms with Crippen molar-refractivity contribution < 1.29 is 18.7 Å². The molecule has 2 aromatic rings.